The maximum absolute atomic E-state index is 11.6. The second-order valence-corrected chi connectivity index (χ2v) is 4.50. The van der Waals surface area contributed by atoms with Crippen LogP contribution in [0.15, 0.2) is 22.8 Å². The lowest BCUT2D eigenvalue weighted by molar-refractivity contribution is -0.129. The van der Waals surface area contributed by atoms with Crippen molar-refractivity contribution < 1.29 is 9.21 Å². The van der Waals surface area contributed by atoms with E-state index in [1.54, 1.807) is 6.26 Å². The first-order valence-corrected chi connectivity index (χ1v) is 5.72. The number of rotatable bonds is 4. The van der Waals surface area contributed by atoms with Gasteiger partial charge in [0.05, 0.1) is 12.8 Å². The quantitative estimate of drug-likeness (QED) is 0.837. The molecule has 1 fully saturated rings. The van der Waals surface area contributed by atoms with Gasteiger partial charge in [0.1, 0.15) is 5.76 Å². The molecule has 2 heterocycles. The largest absolute Gasteiger partial charge is 0.468 e. The molecule has 16 heavy (non-hydrogen) atoms. The molecule has 88 valence electrons. The molecule has 1 amide bonds. The highest BCUT2D eigenvalue weighted by atomic mass is 16.3. The molecule has 1 saturated heterocycles. The summed E-state index contributed by atoms with van der Waals surface area (Å²) < 4.78 is 5.23. The van der Waals surface area contributed by atoms with Gasteiger partial charge in [0.15, 0.2) is 0 Å². The summed E-state index contributed by atoms with van der Waals surface area (Å²) in [6.45, 7) is 5.59. The Morgan fingerprint density at radius 1 is 1.62 bits per heavy atom. The van der Waals surface area contributed by atoms with Crippen LogP contribution in [0.5, 0.6) is 0 Å². The van der Waals surface area contributed by atoms with Crippen molar-refractivity contribution in [2.24, 2.45) is 0 Å². The number of nitrogens with zero attached hydrogens (tertiary/aromatic N) is 1. The first-order valence-electron chi connectivity index (χ1n) is 5.72. The van der Waals surface area contributed by atoms with Crippen LogP contribution in [0, 0.1) is 0 Å². The maximum Gasteiger partial charge on any atom is 0.224 e. The lowest BCUT2D eigenvalue weighted by atomic mass is 10.2. The zero-order valence-electron chi connectivity index (χ0n) is 9.77. The number of carbonyl (C=O) groups excluding carboxylic acids is 1. The highest BCUT2D eigenvalue weighted by molar-refractivity contribution is 5.79. The predicted molar refractivity (Wildman–Crippen MR) is 60.8 cm³/mol. The van der Waals surface area contributed by atoms with Gasteiger partial charge in [-0.25, -0.2) is 0 Å². The Morgan fingerprint density at radius 3 is 3.00 bits per heavy atom. The number of amides is 1. The van der Waals surface area contributed by atoms with Gasteiger partial charge in [-0.05, 0) is 26.0 Å². The minimum atomic E-state index is 0.243. The van der Waals surface area contributed by atoms with Gasteiger partial charge in [-0.2, -0.15) is 0 Å². The minimum Gasteiger partial charge on any atom is -0.468 e. The fourth-order valence-corrected chi connectivity index (χ4v) is 2.03. The summed E-state index contributed by atoms with van der Waals surface area (Å²) in [7, 11) is 0. The molecule has 1 aromatic heterocycles. The van der Waals surface area contributed by atoms with E-state index in [9.17, 15) is 4.79 Å². The molecule has 1 atom stereocenters. The third-order valence-corrected chi connectivity index (χ3v) is 2.93. The van der Waals surface area contributed by atoms with Crippen molar-refractivity contribution in [3.05, 3.63) is 24.2 Å². The Balaban J connectivity index is 1.82. The van der Waals surface area contributed by atoms with E-state index in [0.717, 1.165) is 12.3 Å². The summed E-state index contributed by atoms with van der Waals surface area (Å²) in [6, 6.07) is 4.35. The van der Waals surface area contributed by atoms with E-state index < -0.39 is 0 Å². The van der Waals surface area contributed by atoms with E-state index in [0.29, 0.717) is 19.0 Å². The molecule has 1 unspecified atom stereocenters. The molecule has 0 bridgehead atoms. The van der Waals surface area contributed by atoms with E-state index >= 15 is 0 Å². The van der Waals surface area contributed by atoms with Crippen molar-refractivity contribution in [2.75, 3.05) is 6.54 Å². The number of hydrogen-bond donors (Lipinski definition) is 1. The maximum atomic E-state index is 11.6. The van der Waals surface area contributed by atoms with Crippen LogP contribution < -0.4 is 5.32 Å². The lowest BCUT2D eigenvalue weighted by Gasteiger charge is -2.21. The molecule has 1 aliphatic rings. The Bertz CT molecular complexity index is 346. The average molecular weight is 222 g/mol. The van der Waals surface area contributed by atoms with Crippen LogP contribution in [0.25, 0.3) is 0 Å². The molecule has 0 radical (unpaired) electrons. The minimum absolute atomic E-state index is 0.243. The Labute approximate surface area is 95.6 Å². The first kappa shape index (κ1) is 11.2. The van der Waals surface area contributed by atoms with Crippen molar-refractivity contribution in [1.29, 1.82) is 0 Å². The fraction of sp³-hybridized carbons (Fsp3) is 0.583. The number of carbonyl (C=O) groups is 1. The summed E-state index contributed by atoms with van der Waals surface area (Å²) in [6.07, 6.45) is 2.26. The van der Waals surface area contributed by atoms with Crippen LogP contribution in [-0.4, -0.2) is 29.4 Å². The molecule has 2 rings (SSSR count). The third-order valence-electron chi connectivity index (χ3n) is 2.93. The SMILES string of the molecule is CC(C)N1CC(NCc2ccco2)CC1=O. The summed E-state index contributed by atoms with van der Waals surface area (Å²) in [5.41, 5.74) is 0. The zero-order chi connectivity index (χ0) is 11.5. The van der Waals surface area contributed by atoms with Crippen LogP contribution in [0.3, 0.4) is 0 Å². The zero-order valence-corrected chi connectivity index (χ0v) is 9.77. The molecule has 0 aromatic carbocycles. The second kappa shape index (κ2) is 4.70. The Morgan fingerprint density at radius 2 is 2.44 bits per heavy atom. The number of hydrogen-bond acceptors (Lipinski definition) is 3. The molecule has 0 spiro atoms. The van der Waals surface area contributed by atoms with Crippen LogP contribution in [-0.2, 0) is 11.3 Å². The monoisotopic (exact) mass is 222 g/mol. The van der Waals surface area contributed by atoms with E-state index in [1.807, 2.05) is 30.9 Å². The predicted octanol–water partition coefficient (Wildman–Crippen LogP) is 1.38. The van der Waals surface area contributed by atoms with Gasteiger partial charge in [0.25, 0.3) is 0 Å². The van der Waals surface area contributed by atoms with E-state index in [4.69, 9.17) is 4.42 Å². The molecule has 1 N–H and O–H groups in total. The summed E-state index contributed by atoms with van der Waals surface area (Å²) in [5.74, 6) is 1.15. The highest BCUT2D eigenvalue weighted by Gasteiger charge is 2.30. The van der Waals surface area contributed by atoms with Gasteiger partial charge in [-0.15, -0.1) is 0 Å². The van der Waals surface area contributed by atoms with Crippen molar-refractivity contribution >= 4 is 5.91 Å². The van der Waals surface area contributed by atoms with Gasteiger partial charge >= 0.3 is 0 Å². The fourth-order valence-electron chi connectivity index (χ4n) is 2.03. The van der Waals surface area contributed by atoms with E-state index in [1.165, 1.54) is 0 Å². The van der Waals surface area contributed by atoms with Crippen molar-refractivity contribution in [1.82, 2.24) is 10.2 Å². The number of likely N-dealkylation sites (tertiary alicyclic amines) is 1. The van der Waals surface area contributed by atoms with Crippen LogP contribution in [0.1, 0.15) is 26.0 Å². The van der Waals surface area contributed by atoms with Gasteiger partial charge in [0, 0.05) is 25.0 Å². The van der Waals surface area contributed by atoms with Crippen LogP contribution in [0.2, 0.25) is 0 Å². The standard InChI is InChI=1S/C12H18N2O2/c1-9(2)14-8-10(6-12(14)15)13-7-11-4-3-5-16-11/h3-5,9-10,13H,6-8H2,1-2H3. The van der Waals surface area contributed by atoms with Crippen LogP contribution >= 0.6 is 0 Å². The first-order chi connectivity index (χ1) is 7.66. The normalized spacial score (nSPS) is 21.1. The van der Waals surface area contributed by atoms with E-state index in [2.05, 4.69) is 5.32 Å². The molecule has 0 aliphatic carbocycles. The molecular formula is C12H18N2O2. The van der Waals surface area contributed by atoms with Crippen LogP contribution in [0.4, 0.5) is 0 Å². The summed E-state index contributed by atoms with van der Waals surface area (Å²) in [5, 5.41) is 3.34. The molecule has 4 heteroatoms. The topological polar surface area (TPSA) is 45.5 Å². The van der Waals surface area contributed by atoms with Gasteiger partial charge in [-0.1, -0.05) is 0 Å². The molecule has 0 saturated carbocycles. The van der Waals surface area contributed by atoms with Crippen molar-refractivity contribution in [3.63, 3.8) is 0 Å². The highest BCUT2D eigenvalue weighted by Crippen LogP contribution is 2.14. The van der Waals surface area contributed by atoms with Crippen molar-refractivity contribution in [3.8, 4) is 0 Å². The summed E-state index contributed by atoms with van der Waals surface area (Å²) in [4.78, 5) is 13.6. The Hall–Kier alpha value is -1.29. The van der Waals surface area contributed by atoms with Gasteiger partial charge in [0.2, 0.25) is 5.91 Å². The molecule has 1 aliphatic heterocycles. The molecule has 4 nitrogen and oxygen atoms in total. The van der Waals surface area contributed by atoms with Gasteiger partial charge in [-0.3, -0.25) is 4.79 Å². The second-order valence-electron chi connectivity index (χ2n) is 4.50. The number of nitrogens with one attached hydrogen (secondary N) is 1. The average Bonchev–Trinajstić information content (AvgIpc) is 2.83. The lowest BCUT2D eigenvalue weighted by Crippen LogP contribution is -2.35. The molecule has 1 aromatic rings. The third kappa shape index (κ3) is 2.44. The smallest absolute Gasteiger partial charge is 0.224 e. The van der Waals surface area contributed by atoms with Crippen molar-refractivity contribution in [2.45, 2.75) is 38.9 Å². The summed E-state index contributed by atoms with van der Waals surface area (Å²) >= 11 is 0. The Kier molecular flexibility index (Phi) is 3.29. The number of furan rings is 1. The van der Waals surface area contributed by atoms with Gasteiger partial charge < -0.3 is 14.6 Å². The van der Waals surface area contributed by atoms with E-state index in [-0.39, 0.29) is 11.9 Å². The molecular weight excluding hydrogens is 204 g/mol.